The van der Waals surface area contributed by atoms with Crippen molar-refractivity contribution in [2.45, 2.75) is 45.6 Å². The molecule has 3 aromatic rings. The van der Waals surface area contributed by atoms with Crippen molar-refractivity contribution >= 4 is 11.6 Å². The topological polar surface area (TPSA) is 57.8 Å². The molecule has 0 bridgehead atoms. The Morgan fingerprint density at radius 2 is 1.96 bits per heavy atom. The van der Waals surface area contributed by atoms with Crippen LogP contribution in [0.25, 0.3) is 11.3 Å². The van der Waals surface area contributed by atoms with Gasteiger partial charge >= 0.3 is 0 Å². The van der Waals surface area contributed by atoms with Crippen molar-refractivity contribution in [3.05, 3.63) is 71.0 Å². The van der Waals surface area contributed by atoms with Crippen LogP contribution in [0, 0.1) is 0 Å². The summed E-state index contributed by atoms with van der Waals surface area (Å²) in [7, 11) is 0. The Hall–Kier alpha value is -2.88. The van der Waals surface area contributed by atoms with Crippen molar-refractivity contribution in [1.82, 2.24) is 9.97 Å². The molecular weight excluding hydrogens is 334 g/mol. The molecule has 1 aromatic carbocycles. The van der Waals surface area contributed by atoms with Crippen LogP contribution in [0.5, 0.6) is 0 Å². The fourth-order valence-corrected chi connectivity index (χ4v) is 3.85. The number of aryl methyl sites for hydroxylation is 1. The SMILES string of the molecule is CC(C)Nc1cc(-c2[nH]c3c(c2Cc2ccccc2)C(=O)CCC3)ccn1. The Labute approximate surface area is 160 Å². The monoisotopic (exact) mass is 359 g/mol. The first kappa shape index (κ1) is 17.5. The minimum absolute atomic E-state index is 0.263. The average molecular weight is 359 g/mol. The van der Waals surface area contributed by atoms with Gasteiger partial charge in [-0.15, -0.1) is 0 Å². The fourth-order valence-electron chi connectivity index (χ4n) is 3.85. The van der Waals surface area contributed by atoms with Crippen LogP contribution < -0.4 is 5.32 Å². The highest BCUT2D eigenvalue weighted by Crippen LogP contribution is 2.35. The molecule has 0 fully saturated rings. The van der Waals surface area contributed by atoms with E-state index in [0.29, 0.717) is 12.5 Å². The number of carbonyl (C=O) groups is 1. The van der Waals surface area contributed by atoms with E-state index in [9.17, 15) is 4.79 Å². The summed E-state index contributed by atoms with van der Waals surface area (Å²) in [4.78, 5) is 20.7. The zero-order valence-electron chi connectivity index (χ0n) is 15.9. The van der Waals surface area contributed by atoms with Crippen LogP contribution in [0.3, 0.4) is 0 Å². The predicted molar refractivity (Wildman–Crippen MR) is 109 cm³/mol. The maximum Gasteiger partial charge on any atom is 0.165 e. The van der Waals surface area contributed by atoms with Crippen molar-refractivity contribution in [3.8, 4) is 11.3 Å². The second-order valence-corrected chi connectivity index (χ2v) is 7.50. The number of rotatable bonds is 5. The van der Waals surface area contributed by atoms with Crippen molar-refractivity contribution in [2.75, 3.05) is 5.32 Å². The number of benzene rings is 1. The van der Waals surface area contributed by atoms with Crippen molar-refractivity contribution in [1.29, 1.82) is 0 Å². The second-order valence-electron chi connectivity index (χ2n) is 7.50. The summed E-state index contributed by atoms with van der Waals surface area (Å²) in [6, 6.07) is 14.8. The first-order chi connectivity index (χ1) is 13.1. The third-order valence-corrected chi connectivity index (χ3v) is 5.00. The zero-order chi connectivity index (χ0) is 18.8. The summed E-state index contributed by atoms with van der Waals surface area (Å²) < 4.78 is 0. The van der Waals surface area contributed by atoms with Gasteiger partial charge in [0.25, 0.3) is 0 Å². The summed E-state index contributed by atoms with van der Waals surface area (Å²) in [5.41, 5.74) is 6.45. The summed E-state index contributed by atoms with van der Waals surface area (Å²) >= 11 is 0. The van der Waals surface area contributed by atoms with E-state index < -0.39 is 0 Å². The molecule has 0 radical (unpaired) electrons. The minimum atomic E-state index is 0.263. The van der Waals surface area contributed by atoms with Crippen molar-refractivity contribution in [2.24, 2.45) is 0 Å². The number of nitrogens with one attached hydrogen (secondary N) is 2. The Morgan fingerprint density at radius 1 is 1.15 bits per heavy atom. The number of ketones is 1. The lowest BCUT2D eigenvalue weighted by atomic mass is 9.90. The first-order valence-electron chi connectivity index (χ1n) is 9.65. The molecule has 4 rings (SSSR count). The number of anilines is 1. The molecule has 4 nitrogen and oxygen atoms in total. The molecule has 2 heterocycles. The van der Waals surface area contributed by atoms with E-state index in [4.69, 9.17) is 0 Å². The number of Topliss-reactive ketones (excluding diaryl/α,β-unsaturated/α-hetero) is 1. The second kappa shape index (κ2) is 7.39. The Morgan fingerprint density at radius 3 is 2.74 bits per heavy atom. The smallest absolute Gasteiger partial charge is 0.165 e. The van der Waals surface area contributed by atoms with Gasteiger partial charge in [-0.2, -0.15) is 0 Å². The van der Waals surface area contributed by atoms with Gasteiger partial charge in [0.05, 0.1) is 5.69 Å². The van der Waals surface area contributed by atoms with Gasteiger partial charge in [-0.3, -0.25) is 4.79 Å². The van der Waals surface area contributed by atoms with Crippen LogP contribution in [0.15, 0.2) is 48.7 Å². The number of fused-ring (bicyclic) bond motifs is 1. The van der Waals surface area contributed by atoms with Gasteiger partial charge in [0.2, 0.25) is 0 Å². The van der Waals surface area contributed by atoms with Gasteiger partial charge < -0.3 is 10.3 Å². The van der Waals surface area contributed by atoms with E-state index >= 15 is 0 Å². The molecular formula is C23H25N3O. The lowest BCUT2D eigenvalue weighted by Crippen LogP contribution is -2.11. The van der Waals surface area contributed by atoms with Crippen molar-refractivity contribution in [3.63, 3.8) is 0 Å². The van der Waals surface area contributed by atoms with Crippen LogP contribution in [0.2, 0.25) is 0 Å². The quantitative estimate of drug-likeness (QED) is 0.673. The fraction of sp³-hybridized carbons (Fsp3) is 0.304. The van der Waals surface area contributed by atoms with Crippen molar-refractivity contribution < 1.29 is 4.79 Å². The number of carbonyl (C=O) groups excluding carboxylic acids is 1. The van der Waals surface area contributed by atoms with Gasteiger partial charge in [0, 0.05) is 41.9 Å². The van der Waals surface area contributed by atoms with Crippen LogP contribution in [0.1, 0.15) is 53.9 Å². The Balaban J connectivity index is 1.82. The number of hydrogen-bond donors (Lipinski definition) is 2. The molecule has 1 aliphatic carbocycles. The molecule has 0 saturated heterocycles. The highest BCUT2D eigenvalue weighted by atomic mass is 16.1. The lowest BCUT2D eigenvalue weighted by Gasteiger charge is -2.13. The van der Waals surface area contributed by atoms with Gasteiger partial charge in [-0.25, -0.2) is 4.98 Å². The van der Waals surface area contributed by atoms with Gasteiger partial charge in [0.15, 0.2) is 5.78 Å². The average Bonchev–Trinajstić information content (AvgIpc) is 3.02. The Kier molecular flexibility index (Phi) is 4.80. The van der Waals surface area contributed by atoms with Gasteiger partial charge in [0.1, 0.15) is 5.82 Å². The van der Waals surface area contributed by atoms with E-state index in [0.717, 1.165) is 53.2 Å². The normalized spacial score (nSPS) is 13.7. The maximum atomic E-state index is 12.7. The lowest BCUT2D eigenvalue weighted by molar-refractivity contribution is 0.0971. The molecule has 0 atom stereocenters. The van der Waals surface area contributed by atoms with E-state index in [1.807, 2.05) is 30.5 Å². The number of nitrogens with zero attached hydrogens (tertiary/aromatic N) is 1. The number of hydrogen-bond acceptors (Lipinski definition) is 3. The zero-order valence-corrected chi connectivity index (χ0v) is 15.9. The molecule has 0 amide bonds. The van der Waals surface area contributed by atoms with Crippen LogP contribution in [-0.2, 0) is 12.8 Å². The van der Waals surface area contributed by atoms with E-state index in [2.05, 4.69) is 47.3 Å². The van der Waals surface area contributed by atoms with Gasteiger partial charge in [-0.05, 0) is 49.9 Å². The minimum Gasteiger partial charge on any atom is -0.368 e. The number of pyridine rings is 1. The summed E-state index contributed by atoms with van der Waals surface area (Å²) in [5, 5.41) is 3.36. The summed E-state index contributed by atoms with van der Waals surface area (Å²) in [6.07, 6.45) is 5.08. The van der Waals surface area contributed by atoms with Gasteiger partial charge in [-0.1, -0.05) is 30.3 Å². The predicted octanol–water partition coefficient (Wildman–Crippen LogP) is 5.01. The maximum absolute atomic E-state index is 12.7. The number of aromatic amines is 1. The molecule has 0 aliphatic heterocycles. The third-order valence-electron chi connectivity index (χ3n) is 5.00. The molecule has 2 N–H and O–H groups in total. The highest BCUT2D eigenvalue weighted by molar-refractivity contribution is 6.01. The van der Waals surface area contributed by atoms with E-state index in [-0.39, 0.29) is 5.78 Å². The van der Waals surface area contributed by atoms with E-state index in [1.54, 1.807) is 0 Å². The summed E-state index contributed by atoms with van der Waals surface area (Å²) in [6.45, 7) is 4.20. The number of aromatic nitrogens is 2. The molecule has 2 aromatic heterocycles. The van der Waals surface area contributed by atoms with Crippen LogP contribution in [-0.4, -0.2) is 21.8 Å². The third kappa shape index (κ3) is 3.65. The largest absolute Gasteiger partial charge is 0.368 e. The molecule has 0 spiro atoms. The first-order valence-corrected chi connectivity index (χ1v) is 9.65. The molecule has 1 aliphatic rings. The highest BCUT2D eigenvalue weighted by Gasteiger charge is 2.26. The molecule has 4 heteroatoms. The van der Waals surface area contributed by atoms with Crippen LogP contribution >= 0.6 is 0 Å². The molecule has 0 saturated carbocycles. The standard InChI is InChI=1S/C23H25N3O/c1-15(2)25-21-14-17(11-12-24-21)23-18(13-16-7-4-3-5-8-16)22-19(26-23)9-6-10-20(22)27/h3-5,7-8,11-12,14-15,26H,6,9-10,13H2,1-2H3,(H,24,25). The molecule has 138 valence electrons. The van der Waals surface area contributed by atoms with Crippen LogP contribution in [0.4, 0.5) is 5.82 Å². The summed E-state index contributed by atoms with van der Waals surface area (Å²) in [5.74, 6) is 1.12. The molecule has 27 heavy (non-hydrogen) atoms. The van der Waals surface area contributed by atoms with E-state index in [1.165, 1.54) is 5.56 Å². The Bertz CT molecular complexity index is 957. The number of H-pyrrole nitrogens is 1. The molecule has 0 unspecified atom stereocenters.